The maximum absolute atomic E-state index is 11.7. The molecule has 1 amide bonds. The van der Waals surface area contributed by atoms with E-state index in [-0.39, 0.29) is 5.91 Å². The lowest BCUT2D eigenvalue weighted by Gasteiger charge is -2.18. The summed E-state index contributed by atoms with van der Waals surface area (Å²) in [5.41, 5.74) is 5.55. The van der Waals surface area contributed by atoms with E-state index in [4.69, 9.17) is 5.73 Å². The molecule has 0 aromatic carbocycles. The fourth-order valence-electron chi connectivity index (χ4n) is 2.11. The Hall–Kier alpha value is -0.610. The Bertz CT molecular complexity index is 205. The van der Waals surface area contributed by atoms with Crippen molar-refractivity contribution in [2.45, 2.75) is 46.5 Å². The van der Waals surface area contributed by atoms with Crippen molar-refractivity contribution in [2.75, 3.05) is 32.7 Å². The van der Waals surface area contributed by atoms with Gasteiger partial charge in [0.15, 0.2) is 0 Å². The average Bonchev–Trinajstić information content (AvgIpc) is 2.39. The van der Waals surface area contributed by atoms with Crippen LogP contribution in [0.5, 0.6) is 0 Å². The summed E-state index contributed by atoms with van der Waals surface area (Å²) in [6, 6.07) is 0. The van der Waals surface area contributed by atoms with Gasteiger partial charge in [0.2, 0.25) is 5.91 Å². The first-order valence-corrected chi connectivity index (χ1v) is 7.36. The van der Waals surface area contributed by atoms with Gasteiger partial charge in [-0.2, -0.15) is 0 Å². The van der Waals surface area contributed by atoms with Gasteiger partial charge in [0.1, 0.15) is 0 Å². The van der Waals surface area contributed by atoms with E-state index in [0.29, 0.717) is 12.3 Å². The van der Waals surface area contributed by atoms with Crippen LogP contribution in [0.3, 0.4) is 0 Å². The minimum Gasteiger partial charge on any atom is -0.355 e. The molecule has 108 valence electrons. The lowest BCUT2D eigenvalue weighted by Crippen LogP contribution is -2.34. The third-order valence-corrected chi connectivity index (χ3v) is 3.58. The molecule has 0 radical (unpaired) electrons. The predicted molar refractivity (Wildman–Crippen MR) is 77.5 cm³/mol. The van der Waals surface area contributed by atoms with E-state index in [9.17, 15) is 4.79 Å². The molecule has 0 saturated carbocycles. The number of likely N-dealkylation sites (N-methyl/N-ethyl adjacent to an activating group) is 1. The zero-order valence-electron chi connectivity index (χ0n) is 12.4. The van der Waals surface area contributed by atoms with E-state index in [1.807, 2.05) is 0 Å². The van der Waals surface area contributed by atoms with Gasteiger partial charge in [0.25, 0.3) is 0 Å². The summed E-state index contributed by atoms with van der Waals surface area (Å²) in [5.74, 6) is 0.779. The smallest absolute Gasteiger partial charge is 0.220 e. The van der Waals surface area contributed by atoms with Crippen LogP contribution < -0.4 is 11.1 Å². The van der Waals surface area contributed by atoms with Gasteiger partial charge in [-0.05, 0) is 38.4 Å². The van der Waals surface area contributed by atoms with Crippen molar-refractivity contribution >= 4 is 5.91 Å². The Morgan fingerprint density at radius 2 is 1.89 bits per heavy atom. The summed E-state index contributed by atoms with van der Waals surface area (Å²) in [6.45, 7) is 11.0. The summed E-state index contributed by atoms with van der Waals surface area (Å²) in [6.07, 6.45) is 3.74. The summed E-state index contributed by atoms with van der Waals surface area (Å²) < 4.78 is 0. The van der Waals surface area contributed by atoms with Crippen LogP contribution in [0, 0.1) is 5.92 Å². The van der Waals surface area contributed by atoms with Crippen molar-refractivity contribution < 1.29 is 4.79 Å². The maximum Gasteiger partial charge on any atom is 0.220 e. The largest absolute Gasteiger partial charge is 0.355 e. The van der Waals surface area contributed by atoms with Crippen molar-refractivity contribution in [2.24, 2.45) is 11.7 Å². The van der Waals surface area contributed by atoms with Gasteiger partial charge in [-0.1, -0.05) is 27.2 Å². The fourth-order valence-corrected chi connectivity index (χ4v) is 2.11. The van der Waals surface area contributed by atoms with Gasteiger partial charge in [-0.25, -0.2) is 0 Å². The molecular formula is C14H31N3O. The molecule has 1 atom stereocenters. The molecule has 0 rings (SSSR count). The molecule has 0 saturated heterocycles. The number of carbonyl (C=O) groups is 1. The van der Waals surface area contributed by atoms with E-state index < -0.39 is 0 Å². The number of nitrogens with two attached hydrogens (primary N) is 1. The van der Waals surface area contributed by atoms with Gasteiger partial charge in [-0.15, -0.1) is 0 Å². The number of hydrogen-bond acceptors (Lipinski definition) is 3. The summed E-state index contributed by atoms with van der Waals surface area (Å²) in [4.78, 5) is 14.0. The molecule has 4 nitrogen and oxygen atoms in total. The SMILES string of the molecule is CCC(CCN)CCC(=O)NCCN(CC)CC. The zero-order chi connectivity index (χ0) is 13.8. The lowest BCUT2D eigenvalue weighted by molar-refractivity contribution is -0.121. The minimum absolute atomic E-state index is 0.178. The van der Waals surface area contributed by atoms with Crippen LogP contribution in [-0.2, 0) is 4.79 Å². The number of carbonyl (C=O) groups excluding carboxylic acids is 1. The number of rotatable bonds is 11. The van der Waals surface area contributed by atoms with Gasteiger partial charge in [0, 0.05) is 19.5 Å². The molecular weight excluding hydrogens is 226 g/mol. The first kappa shape index (κ1) is 17.4. The van der Waals surface area contributed by atoms with E-state index in [2.05, 4.69) is 31.0 Å². The van der Waals surface area contributed by atoms with E-state index in [0.717, 1.165) is 52.0 Å². The van der Waals surface area contributed by atoms with Gasteiger partial charge < -0.3 is 16.0 Å². The van der Waals surface area contributed by atoms with Crippen LogP contribution in [0.4, 0.5) is 0 Å². The van der Waals surface area contributed by atoms with Gasteiger partial charge >= 0.3 is 0 Å². The number of hydrogen-bond donors (Lipinski definition) is 2. The van der Waals surface area contributed by atoms with E-state index >= 15 is 0 Å². The third kappa shape index (κ3) is 8.48. The van der Waals surface area contributed by atoms with Crippen LogP contribution in [0.25, 0.3) is 0 Å². The fraction of sp³-hybridized carbons (Fsp3) is 0.929. The number of nitrogens with one attached hydrogen (secondary N) is 1. The topological polar surface area (TPSA) is 58.4 Å². The van der Waals surface area contributed by atoms with Crippen LogP contribution in [-0.4, -0.2) is 43.5 Å². The minimum atomic E-state index is 0.178. The summed E-state index contributed by atoms with van der Waals surface area (Å²) >= 11 is 0. The van der Waals surface area contributed by atoms with Crippen LogP contribution in [0.2, 0.25) is 0 Å². The molecule has 3 N–H and O–H groups in total. The summed E-state index contributed by atoms with van der Waals surface area (Å²) in [5, 5.41) is 2.99. The molecule has 1 unspecified atom stereocenters. The maximum atomic E-state index is 11.7. The second kappa shape index (κ2) is 11.5. The quantitative estimate of drug-likeness (QED) is 0.591. The normalized spacial score (nSPS) is 12.7. The highest BCUT2D eigenvalue weighted by Gasteiger charge is 2.08. The molecule has 0 spiro atoms. The monoisotopic (exact) mass is 257 g/mol. The van der Waals surface area contributed by atoms with E-state index in [1.54, 1.807) is 0 Å². The van der Waals surface area contributed by atoms with Crippen LogP contribution >= 0.6 is 0 Å². The first-order chi connectivity index (χ1) is 8.67. The molecule has 0 aliphatic carbocycles. The van der Waals surface area contributed by atoms with Crippen molar-refractivity contribution in [1.29, 1.82) is 0 Å². The van der Waals surface area contributed by atoms with Crippen molar-refractivity contribution in [1.82, 2.24) is 10.2 Å². The molecule has 18 heavy (non-hydrogen) atoms. The molecule has 0 aromatic rings. The predicted octanol–water partition coefficient (Wildman–Crippen LogP) is 1.60. The second-order valence-corrected chi connectivity index (χ2v) is 4.77. The van der Waals surface area contributed by atoms with Gasteiger partial charge in [0.05, 0.1) is 0 Å². The molecule has 0 aromatic heterocycles. The first-order valence-electron chi connectivity index (χ1n) is 7.36. The Morgan fingerprint density at radius 1 is 1.22 bits per heavy atom. The highest BCUT2D eigenvalue weighted by atomic mass is 16.1. The van der Waals surface area contributed by atoms with Crippen molar-refractivity contribution in [3.8, 4) is 0 Å². The number of amides is 1. The summed E-state index contributed by atoms with van der Waals surface area (Å²) in [7, 11) is 0. The Morgan fingerprint density at radius 3 is 2.39 bits per heavy atom. The Kier molecular flexibility index (Phi) is 11.1. The van der Waals surface area contributed by atoms with Gasteiger partial charge in [-0.3, -0.25) is 4.79 Å². The highest BCUT2D eigenvalue weighted by molar-refractivity contribution is 5.75. The third-order valence-electron chi connectivity index (χ3n) is 3.58. The van der Waals surface area contributed by atoms with Crippen LogP contribution in [0.15, 0.2) is 0 Å². The standard InChI is InChI=1S/C14H31N3O/c1-4-13(9-10-15)7-8-14(18)16-11-12-17(5-2)6-3/h13H,4-12,15H2,1-3H3,(H,16,18). The molecule has 0 fully saturated rings. The molecule has 0 aliphatic heterocycles. The van der Waals surface area contributed by atoms with Crippen LogP contribution in [0.1, 0.15) is 46.5 Å². The molecule has 0 bridgehead atoms. The second-order valence-electron chi connectivity index (χ2n) is 4.77. The lowest BCUT2D eigenvalue weighted by atomic mass is 9.96. The molecule has 4 heteroatoms. The molecule has 0 aliphatic rings. The van der Waals surface area contributed by atoms with E-state index in [1.165, 1.54) is 0 Å². The zero-order valence-corrected chi connectivity index (χ0v) is 12.4. The Balaban J connectivity index is 3.64. The van der Waals surface area contributed by atoms with Crippen molar-refractivity contribution in [3.05, 3.63) is 0 Å². The average molecular weight is 257 g/mol. The highest BCUT2D eigenvalue weighted by Crippen LogP contribution is 2.14. The van der Waals surface area contributed by atoms with Crippen molar-refractivity contribution in [3.63, 3.8) is 0 Å². The number of nitrogens with zero attached hydrogens (tertiary/aromatic N) is 1. The Labute approximate surface area is 112 Å². The molecule has 0 heterocycles.